The predicted octanol–water partition coefficient (Wildman–Crippen LogP) is 1.96. The van der Waals surface area contributed by atoms with Crippen molar-refractivity contribution in [1.29, 1.82) is 0 Å². The predicted molar refractivity (Wildman–Crippen MR) is 40.9 cm³/mol. The molecule has 1 aromatic rings. The first kappa shape index (κ1) is 7.28. The molecule has 10 heavy (non-hydrogen) atoms. The van der Waals surface area contributed by atoms with Crippen LogP contribution in [-0.2, 0) is 0 Å². The van der Waals surface area contributed by atoms with Gasteiger partial charge in [0.1, 0.15) is 10.6 Å². The van der Waals surface area contributed by atoms with Gasteiger partial charge in [0.05, 0.1) is 6.61 Å². The van der Waals surface area contributed by atoms with Crippen molar-refractivity contribution < 1.29 is 9.53 Å². The van der Waals surface area contributed by atoms with Crippen molar-refractivity contribution in [3.63, 3.8) is 0 Å². The highest BCUT2D eigenvalue weighted by molar-refractivity contribution is 7.12. The normalized spacial score (nSPS) is 9.30. The average Bonchev–Trinajstić information content (AvgIpc) is 2.36. The molecule has 0 spiro atoms. The zero-order valence-electron chi connectivity index (χ0n) is 5.66. The van der Waals surface area contributed by atoms with Crippen molar-refractivity contribution in [2.24, 2.45) is 0 Å². The van der Waals surface area contributed by atoms with Crippen LogP contribution < -0.4 is 4.74 Å². The van der Waals surface area contributed by atoms with Gasteiger partial charge in [-0.15, -0.1) is 11.3 Å². The molecule has 0 atom stereocenters. The first-order chi connectivity index (χ1) is 4.88. The summed E-state index contributed by atoms with van der Waals surface area (Å²) in [5.74, 6) is 0.697. The molecule has 0 amide bonds. The molecule has 0 saturated heterocycles. The minimum atomic E-state index is 0.609. The molecule has 1 aromatic heterocycles. The second-order valence-electron chi connectivity index (χ2n) is 1.70. The van der Waals surface area contributed by atoms with Crippen molar-refractivity contribution in [2.75, 3.05) is 6.61 Å². The van der Waals surface area contributed by atoms with Crippen molar-refractivity contribution in [1.82, 2.24) is 0 Å². The lowest BCUT2D eigenvalue weighted by molar-refractivity contribution is 0.112. The van der Waals surface area contributed by atoms with Crippen LogP contribution in [0.1, 0.15) is 16.6 Å². The van der Waals surface area contributed by atoms with Crippen molar-refractivity contribution in [3.05, 3.63) is 16.3 Å². The van der Waals surface area contributed by atoms with Gasteiger partial charge < -0.3 is 4.74 Å². The smallest absolute Gasteiger partial charge is 0.163 e. The van der Waals surface area contributed by atoms with Crippen LogP contribution in [0.4, 0.5) is 0 Å². The molecule has 54 valence electrons. The van der Waals surface area contributed by atoms with Crippen LogP contribution >= 0.6 is 11.3 Å². The summed E-state index contributed by atoms with van der Waals surface area (Å²) >= 11 is 1.40. The molecule has 0 saturated carbocycles. The van der Waals surface area contributed by atoms with Gasteiger partial charge in [-0.25, -0.2) is 0 Å². The number of aldehydes is 1. The molecule has 0 aliphatic carbocycles. The Morgan fingerprint density at radius 1 is 1.80 bits per heavy atom. The quantitative estimate of drug-likeness (QED) is 0.625. The maximum Gasteiger partial charge on any atom is 0.163 e. The summed E-state index contributed by atoms with van der Waals surface area (Å²) < 4.78 is 5.15. The number of rotatable bonds is 3. The summed E-state index contributed by atoms with van der Waals surface area (Å²) in [7, 11) is 0. The Morgan fingerprint density at radius 2 is 2.60 bits per heavy atom. The molecule has 1 heterocycles. The Hall–Kier alpha value is -0.830. The van der Waals surface area contributed by atoms with Crippen molar-refractivity contribution in [3.8, 4) is 5.75 Å². The van der Waals surface area contributed by atoms with Gasteiger partial charge in [-0.1, -0.05) is 0 Å². The van der Waals surface area contributed by atoms with Gasteiger partial charge in [-0.3, -0.25) is 4.79 Å². The fourth-order valence-electron chi connectivity index (χ4n) is 0.670. The van der Waals surface area contributed by atoms with E-state index in [1.54, 1.807) is 6.07 Å². The summed E-state index contributed by atoms with van der Waals surface area (Å²) in [5.41, 5.74) is 0. The van der Waals surface area contributed by atoms with Gasteiger partial charge in [-0.05, 0) is 18.4 Å². The third-order valence-electron chi connectivity index (χ3n) is 1.06. The van der Waals surface area contributed by atoms with Gasteiger partial charge in [0, 0.05) is 0 Å². The summed E-state index contributed by atoms with van der Waals surface area (Å²) in [6.07, 6.45) is 0.815. The zero-order valence-corrected chi connectivity index (χ0v) is 6.48. The molecule has 0 N–H and O–H groups in total. The second kappa shape index (κ2) is 3.37. The monoisotopic (exact) mass is 156 g/mol. The van der Waals surface area contributed by atoms with E-state index >= 15 is 0 Å². The van der Waals surface area contributed by atoms with Crippen LogP contribution in [0.25, 0.3) is 0 Å². The van der Waals surface area contributed by atoms with Crippen LogP contribution in [0.2, 0.25) is 0 Å². The van der Waals surface area contributed by atoms with E-state index in [1.807, 2.05) is 12.3 Å². The minimum Gasteiger partial charge on any atom is -0.492 e. The van der Waals surface area contributed by atoms with E-state index in [0.717, 1.165) is 6.29 Å². The molecule has 0 fully saturated rings. The maximum atomic E-state index is 10.3. The van der Waals surface area contributed by atoms with E-state index in [9.17, 15) is 4.79 Å². The lowest BCUT2D eigenvalue weighted by Crippen LogP contribution is -1.91. The number of thiophene rings is 1. The maximum absolute atomic E-state index is 10.3. The molecule has 0 aromatic carbocycles. The number of carbonyl (C=O) groups excluding carboxylic acids is 1. The lowest BCUT2D eigenvalue weighted by Gasteiger charge is -1.97. The van der Waals surface area contributed by atoms with E-state index in [2.05, 4.69) is 0 Å². The lowest BCUT2D eigenvalue weighted by atomic mass is 10.4. The summed E-state index contributed by atoms with van der Waals surface area (Å²) in [6, 6.07) is 1.80. The Balaban J connectivity index is 2.79. The van der Waals surface area contributed by atoms with Crippen molar-refractivity contribution in [2.45, 2.75) is 6.92 Å². The highest BCUT2D eigenvalue weighted by Crippen LogP contribution is 2.22. The number of hydrogen-bond donors (Lipinski definition) is 0. The number of carbonyl (C=O) groups is 1. The Bertz CT molecular complexity index is 217. The number of hydrogen-bond acceptors (Lipinski definition) is 3. The van der Waals surface area contributed by atoms with E-state index in [1.165, 1.54) is 11.3 Å². The topological polar surface area (TPSA) is 26.3 Å². The van der Waals surface area contributed by atoms with Crippen LogP contribution in [0.15, 0.2) is 11.4 Å². The molecule has 0 aliphatic rings. The van der Waals surface area contributed by atoms with E-state index in [-0.39, 0.29) is 0 Å². The van der Waals surface area contributed by atoms with Gasteiger partial charge in [0.25, 0.3) is 0 Å². The third-order valence-corrected chi connectivity index (χ3v) is 1.89. The summed E-state index contributed by atoms with van der Waals surface area (Å²) in [6.45, 7) is 2.50. The fraction of sp³-hybridized carbons (Fsp3) is 0.286. The first-order valence-electron chi connectivity index (χ1n) is 3.04. The van der Waals surface area contributed by atoms with Gasteiger partial charge in [-0.2, -0.15) is 0 Å². The van der Waals surface area contributed by atoms with Gasteiger partial charge in [0.2, 0.25) is 0 Å². The molecule has 0 bridgehead atoms. The molecular formula is C7H8O2S. The van der Waals surface area contributed by atoms with Gasteiger partial charge in [0.15, 0.2) is 6.29 Å². The van der Waals surface area contributed by atoms with E-state index in [0.29, 0.717) is 17.2 Å². The first-order valence-corrected chi connectivity index (χ1v) is 3.92. The molecule has 0 aliphatic heterocycles. The summed E-state index contributed by atoms with van der Waals surface area (Å²) in [4.78, 5) is 11.0. The molecule has 1 rings (SSSR count). The van der Waals surface area contributed by atoms with E-state index < -0.39 is 0 Å². The van der Waals surface area contributed by atoms with E-state index in [4.69, 9.17) is 4.74 Å². The van der Waals surface area contributed by atoms with Crippen LogP contribution in [-0.4, -0.2) is 12.9 Å². The van der Waals surface area contributed by atoms with Crippen LogP contribution in [0.5, 0.6) is 5.75 Å². The highest BCUT2D eigenvalue weighted by atomic mass is 32.1. The van der Waals surface area contributed by atoms with Crippen LogP contribution in [0.3, 0.4) is 0 Å². The second-order valence-corrected chi connectivity index (χ2v) is 2.65. The fourth-order valence-corrected chi connectivity index (χ4v) is 1.31. The largest absolute Gasteiger partial charge is 0.492 e. The number of ether oxygens (including phenoxy) is 1. The molecule has 3 heteroatoms. The molecule has 0 radical (unpaired) electrons. The molecule has 2 nitrogen and oxygen atoms in total. The summed E-state index contributed by atoms with van der Waals surface area (Å²) in [5, 5.41) is 1.84. The average molecular weight is 156 g/mol. The van der Waals surface area contributed by atoms with Crippen LogP contribution in [0, 0.1) is 0 Å². The SMILES string of the molecule is CCOc1ccsc1C=O. The zero-order chi connectivity index (χ0) is 7.40. The third kappa shape index (κ3) is 1.36. The van der Waals surface area contributed by atoms with Crippen molar-refractivity contribution >= 4 is 17.6 Å². The van der Waals surface area contributed by atoms with Gasteiger partial charge >= 0.3 is 0 Å². The highest BCUT2D eigenvalue weighted by Gasteiger charge is 2.01. The minimum absolute atomic E-state index is 0.609. The Morgan fingerprint density at radius 3 is 3.20 bits per heavy atom. The molecular weight excluding hydrogens is 148 g/mol. The standard InChI is InChI=1S/C7H8O2S/c1-2-9-6-3-4-10-7(6)5-8/h3-5H,2H2,1H3. The molecule has 0 unspecified atom stereocenters. The Labute approximate surface area is 63.4 Å². The Kier molecular flexibility index (Phi) is 2.45.